The van der Waals surface area contributed by atoms with Gasteiger partial charge in [0.05, 0.1) is 11.9 Å². The molecule has 0 saturated carbocycles. The largest absolute Gasteiger partial charge is 0.352 e. The lowest BCUT2D eigenvalue weighted by Gasteiger charge is -2.34. The summed E-state index contributed by atoms with van der Waals surface area (Å²) in [7, 11) is -3.86. The van der Waals surface area contributed by atoms with Crippen LogP contribution in [0.5, 0.6) is 0 Å². The lowest BCUT2D eigenvalue weighted by Crippen LogP contribution is -2.54. The number of sulfonamides is 1. The van der Waals surface area contributed by atoms with Crippen LogP contribution in [0, 0.1) is 6.92 Å². The first kappa shape index (κ1) is 30.8. The molecule has 0 saturated heterocycles. The Morgan fingerprint density at radius 3 is 2.19 bits per heavy atom. The molecule has 0 bridgehead atoms. The first-order valence-corrected chi connectivity index (χ1v) is 16.1. The molecule has 2 amide bonds. The predicted molar refractivity (Wildman–Crippen MR) is 170 cm³/mol. The van der Waals surface area contributed by atoms with E-state index in [-0.39, 0.29) is 24.9 Å². The van der Waals surface area contributed by atoms with Crippen LogP contribution in [0.15, 0.2) is 97.1 Å². The Labute approximate surface area is 249 Å². The Balaban J connectivity index is 1.79. The van der Waals surface area contributed by atoms with Crippen LogP contribution in [-0.2, 0) is 32.6 Å². The molecule has 2 atom stereocenters. The van der Waals surface area contributed by atoms with E-state index in [1.807, 2.05) is 106 Å². The van der Waals surface area contributed by atoms with Gasteiger partial charge in [-0.1, -0.05) is 97.9 Å². The summed E-state index contributed by atoms with van der Waals surface area (Å²) in [4.78, 5) is 29.7. The fourth-order valence-electron chi connectivity index (χ4n) is 4.99. The fraction of sp³-hybridized carbons (Fsp3) is 0.294. The van der Waals surface area contributed by atoms with E-state index < -0.39 is 28.5 Å². The van der Waals surface area contributed by atoms with Gasteiger partial charge in [-0.05, 0) is 48.4 Å². The number of fused-ring (bicyclic) bond motifs is 1. The van der Waals surface area contributed by atoms with E-state index in [0.717, 1.165) is 44.4 Å². The van der Waals surface area contributed by atoms with Crippen molar-refractivity contribution in [3.05, 3.63) is 114 Å². The highest BCUT2D eigenvalue weighted by molar-refractivity contribution is 7.92. The molecule has 42 heavy (non-hydrogen) atoms. The molecular weight excluding hydrogens is 546 g/mol. The van der Waals surface area contributed by atoms with E-state index in [4.69, 9.17) is 0 Å². The molecule has 0 radical (unpaired) electrons. The fourth-order valence-corrected chi connectivity index (χ4v) is 5.85. The van der Waals surface area contributed by atoms with Gasteiger partial charge in [-0.3, -0.25) is 13.9 Å². The third-order valence-electron chi connectivity index (χ3n) is 7.59. The SMILES string of the molecule is CC[C@@H](C)NC(=O)[C@H](Cc1ccccc1)N(Cc1ccccc1C)C(=O)CN(c1cccc2ccccc12)S(C)(=O)=O. The number of carbonyl (C=O) groups is 2. The molecule has 0 aromatic heterocycles. The average Bonchev–Trinajstić information content (AvgIpc) is 2.98. The summed E-state index contributed by atoms with van der Waals surface area (Å²) in [5, 5.41) is 4.65. The van der Waals surface area contributed by atoms with Gasteiger partial charge in [0.15, 0.2) is 0 Å². The first-order chi connectivity index (χ1) is 20.1. The minimum Gasteiger partial charge on any atom is -0.352 e. The number of hydrogen-bond donors (Lipinski definition) is 1. The molecule has 0 aliphatic rings. The van der Waals surface area contributed by atoms with Gasteiger partial charge in [0.2, 0.25) is 21.8 Å². The van der Waals surface area contributed by atoms with Crippen LogP contribution in [0.1, 0.15) is 37.0 Å². The summed E-state index contributed by atoms with van der Waals surface area (Å²) >= 11 is 0. The second-order valence-electron chi connectivity index (χ2n) is 10.7. The zero-order valence-electron chi connectivity index (χ0n) is 24.7. The van der Waals surface area contributed by atoms with Crippen molar-refractivity contribution in [2.75, 3.05) is 17.1 Å². The molecule has 4 aromatic carbocycles. The third kappa shape index (κ3) is 7.56. The molecule has 7 nitrogen and oxygen atoms in total. The molecular formula is C34H39N3O4S. The van der Waals surface area contributed by atoms with Crippen molar-refractivity contribution in [3.8, 4) is 0 Å². The van der Waals surface area contributed by atoms with E-state index in [0.29, 0.717) is 5.69 Å². The number of rotatable bonds is 12. The third-order valence-corrected chi connectivity index (χ3v) is 8.72. The number of anilines is 1. The second-order valence-corrected chi connectivity index (χ2v) is 12.6. The molecule has 1 N–H and O–H groups in total. The molecule has 8 heteroatoms. The maximum Gasteiger partial charge on any atom is 0.244 e. The highest BCUT2D eigenvalue weighted by atomic mass is 32.2. The van der Waals surface area contributed by atoms with Gasteiger partial charge < -0.3 is 10.2 Å². The summed E-state index contributed by atoms with van der Waals surface area (Å²) in [5.41, 5.74) is 3.18. The number of amides is 2. The highest BCUT2D eigenvalue weighted by Gasteiger charge is 2.34. The van der Waals surface area contributed by atoms with E-state index in [9.17, 15) is 18.0 Å². The molecule has 4 rings (SSSR count). The zero-order chi connectivity index (χ0) is 30.3. The summed E-state index contributed by atoms with van der Waals surface area (Å²) in [6.45, 7) is 5.59. The van der Waals surface area contributed by atoms with E-state index >= 15 is 0 Å². The Morgan fingerprint density at radius 1 is 0.857 bits per heavy atom. The predicted octanol–water partition coefficient (Wildman–Crippen LogP) is 5.47. The summed E-state index contributed by atoms with van der Waals surface area (Å²) in [6, 6.07) is 29.2. The number of carbonyl (C=O) groups excluding carboxylic acids is 2. The maximum atomic E-state index is 14.4. The Kier molecular flexibility index (Phi) is 10.0. The molecule has 0 aliphatic heterocycles. The van der Waals surface area contributed by atoms with Crippen LogP contribution in [0.25, 0.3) is 10.8 Å². The normalized spacial score (nSPS) is 12.9. The standard InChI is InChI=1S/C34H39N3O4S/c1-5-26(3)35-34(39)32(22-27-15-7-6-8-16-27)36(23-29-18-10-9-14-25(29)2)33(38)24-37(42(4,40)41)31-21-13-19-28-17-11-12-20-30(28)31/h6-21,26,32H,5,22-24H2,1-4H3,(H,35,39)/t26-,32+/m1/s1. The zero-order valence-corrected chi connectivity index (χ0v) is 25.5. The first-order valence-electron chi connectivity index (χ1n) is 14.2. The quantitative estimate of drug-likeness (QED) is 0.239. The lowest BCUT2D eigenvalue weighted by molar-refractivity contribution is -0.140. The smallest absolute Gasteiger partial charge is 0.244 e. The van der Waals surface area contributed by atoms with Gasteiger partial charge in [0.1, 0.15) is 12.6 Å². The molecule has 4 aromatic rings. The summed E-state index contributed by atoms with van der Waals surface area (Å²) in [5.74, 6) is -0.733. The molecule has 0 aliphatic carbocycles. The van der Waals surface area contributed by atoms with Crippen LogP contribution < -0.4 is 9.62 Å². The van der Waals surface area contributed by atoms with Gasteiger partial charge >= 0.3 is 0 Å². The van der Waals surface area contributed by atoms with Gasteiger partial charge in [-0.25, -0.2) is 8.42 Å². The van der Waals surface area contributed by atoms with Crippen molar-refractivity contribution in [1.29, 1.82) is 0 Å². The van der Waals surface area contributed by atoms with Crippen LogP contribution >= 0.6 is 0 Å². The number of hydrogen-bond acceptors (Lipinski definition) is 4. The molecule has 0 heterocycles. The summed E-state index contributed by atoms with van der Waals surface area (Å²) < 4.78 is 27.5. The van der Waals surface area contributed by atoms with Gasteiger partial charge in [-0.15, -0.1) is 0 Å². The minimum atomic E-state index is -3.86. The van der Waals surface area contributed by atoms with Gasteiger partial charge in [-0.2, -0.15) is 0 Å². The summed E-state index contributed by atoms with van der Waals surface area (Å²) in [6.07, 6.45) is 2.12. The Bertz CT molecular complexity index is 1630. The van der Waals surface area contributed by atoms with Crippen molar-refractivity contribution in [3.63, 3.8) is 0 Å². The minimum absolute atomic E-state index is 0.0885. The lowest BCUT2D eigenvalue weighted by atomic mass is 10.0. The topological polar surface area (TPSA) is 86.8 Å². The Morgan fingerprint density at radius 2 is 1.50 bits per heavy atom. The van der Waals surface area contributed by atoms with Crippen molar-refractivity contribution in [2.45, 2.75) is 52.2 Å². The molecule has 0 unspecified atom stereocenters. The van der Waals surface area contributed by atoms with E-state index in [1.54, 1.807) is 12.1 Å². The molecule has 220 valence electrons. The van der Waals surface area contributed by atoms with Crippen molar-refractivity contribution >= 4 is 38.3 Å². The van der Waals surface area contributed by atoms with E-state index in [2.05, 4.69) is 5.32 Å². The number of nitrogens with zero attached hydrogens (tertiary/aromatic N) is 2. The average molecular weight is 586 g/mol. The van der Waals surface area contributed by atoms with Crippen molar-refractivity contribution in [2.24, 2.45) is 0 Å². The highest BCUT2D eigenvalue weighted by Crippen LogP contribution is 2.29. The van der Waals surface area contributed by atoms with Gasteiger partial charge in [0.25, 0.3) is 0 Å². The second kappa shape index (κ2) is 13.7. The monoisotopic (exact) mass is 585 g/mol. The van der Waals surface area contributed by atoms with Crippen molar-refractivity contribution in [1.82, 2.24) is 10.2 Å². The van der Waals surface area contributed by atoms with Crippen LogP contribution in [0.2, 0.25) is 0 Å². The molecule has 0 fully saturated rings. The van der Waals surface area contributed by atoms with Crippen LogP contribution in [-0.4, -0.2) is 50.0 Å². The van der Waals surface area contributed by atoms with Gasteiger partial charge in [0, 0.05) is 24.4 Å². The van der Waals surface area contributed by atoms with E-state index in [1.165, 1.54) is 4.90 Å². The van der Waals surface area contributed by atoms with Crippen LogP contribution in [0.3, 0.4) is 0 Å². The molecule has 0 spiro atoms. The maximum absolute atomic E-state index is 14.4. The number of aryl methyl sites for hydroxylation is 1. The number of benzene rings is 4. The van der Waals surface area contributed by atoms with Crippen molar-refractivity contribution < 1.29 is 18.0 Å². The number of nitrogens with one attached hydrogen (secondary N) is 1. The Hall–Kier alpha value is -4.17. The van der Waals surface area contributed by atoms with Crippen LogP contribution in [0.4, 0.5) is 5.69 Å².